The topological polar surface area (TPSA) is 61.8 Å². The number of carbonyl (C=O) groups is 1. The summed E-state index contributed by atoms with van der Waals surface area (Å²) in [6, 6.07) is 6.09. The van der Waals surface area contributed by atoms with Crippen molar-refractivity contribution in [3.8, 4) is 0 Å². The SMILES string of the molecule is CO[C@@](C)(C(=O)NC[C@@]1(O)CN2CCC1CC2)c1ccccc1F. The summed E-state index contributed by atoms with van der Waals surface area (Å²) in [7, 11) is 1.38. The lowest BCUT2D eigenvalue weighted by Gasteiger charge is -2.50. The maximum absolute atomic E-state index is 14.1. The van der Waals surface area contributed by atoms with Crippen LogP contribution in [-0.4, -0.2) is 54.8 Å². The van der Waals surface area contributed by atoms with E-state index < -0.39 is 22.9 Å². The highest BCUT2D eigenvalue weighted by molar-refractivity contribution is 5.86. The van der Waals surface area contributed by atoms with Gasteiger partial charge in [0.05, 0.1) is 5.60 Å². The number of hydrogen-bond acceptors (Lipinski definition) is 4. The molecule has 3 fully saturated rings. The van der Waals surface area contributed by atoms with Crippen LogP contribution in [0, 0.1) is 11.7 Å². The summed E-state index contributed by atoms with van der Waals surface area (Å²) in [6.07, 6.45) is 1.89. The van der Waals surface area contributed by atoms with Gasteiger partial charge < -0.3 is 20.1 Å². The fourth-order valence-corrected chi connectivity index (χ4v) is 3.92. The average Bonchev–Trinajstić information content (AvgIpc) is 2.60. The van der Waals surface area contributed by atoms with E-state index in [2.05, 4.69) is 10.2 Å². The normalized spacial score (nSPS) is 31.5. The molecule has 1 aromatic carbocycles. The van der Waals surface area contributed by atoms with Crippen LogP contribution in [0.1, 0.15) is 25.3 Å². The zero-order valence-electron chi connectivity index (χ0n) is 14.2. The van der Waals surface area contributed by atoms with Crippen LogP contribution < -0.4 is 5.32 Å². The van der Waals surface area contributed by atoms with E-state index in [4.69, 9.17) is 4.74 Å². The third-order valence-corrected chi connectivity index (χ3v) is 5.63. The number of methoxy groups -OCH3 is 1. The number of halogens is 1. The van der Waals surface area contributed by atoms with Crippen LogP contribution in [0.15, 0.2) is 24.3 Å². The second kappa shape index (κ2) is 6.43. The molecule has 3 aliphatic rings. The molecule has 6 heteroatoms. The second-order valence-electron chi connectivity index (χ2n) is 7.05. The van der Waals surface area contributed by atoms with Crippen LogP contribution in [0.3, 0.4) is 0 Å². The Balaban J connectivity index is 1.72. The minimum atomic E-state index is -1.43. The molecule has 4 rings (SSSR count). The predicted octanol–water partition coefficient (Wildman–Crippen LogP) is 1.26. The molecule has 1 aromatic rings. The molecule has 0 unspecified atom stereocenters. The van der Waals surface area contributed by atoms with Crippen molar-refractivity contribution in [2.45, 2.75) is 31.0 Å². The van der Waals surface area contributed by atoms with Crippen molar-refractivity contribution >= 4 is 5.91 Å². The summed E-state index contributed by atoms with van der Waals surface area (Å²) in [5.41, 5.74) is -2.17. The number of nitrogens with one attached hydrogen (secondary N) is 1. The van der Waals surface area contributed by atoms with Gasteiger partial charge in [-0.1, -0.05) is 18.2 Å². The Kier molecular flexibility index (Phi) is 4.64. The fraction of sp³-hybridized carbons (Fsp3) is 0.611. The third kappa shape index (κ3) is 2.94. The van der Waals surface area contributed by atoms with Gasteiger partial charge >= 0.3 is 0 Å². The molecule has 3 heterocycles. The number of carbonyl (C=O) groups excluding carboxylic acids is 1. The lowest BCUT2D eigenvalue weighted by atomic mass is 9.75. The number of ether oxygens (including phenoxy) is 1. The standard InChI is InChI=1S/C18H25FN2O3/c1-17(24-2,14-5-3-4-6-15(14)19)16(22)20-11-18(23)12-21-9-7-13(18)8-10-21/h3-6,13,23H,7-12H2,1-2H3,(H,20,22)/t17-,18-/m1/s1. The first-order valence-corrected chi connectivity index (χ1v) is 8.42. The molecule has 3 aliphatic heterocycles. The minimum absolute atomic E-state index is 0.153. The number of amides is 1. The Labute approximate surface area is 141 Å². The van der Waals surface area contributed by atoms with Crippen LogP contribution in [0.2, 0.25) is 0 Å². The van der Waals surface area contributed by atoms with Gasteiger partial charge in [-0.05, 0) is 44.8 Å². The number of rotatable bonds is 5. The van der Waals surface area contributed by atoms with Crippen molar-refractivity contribution in [1.29, 1.82) is 0 Å². The Morgan fingerprint density at radius 1 is 1.46 bits per heavy atom. The fourth-order valence-electron chi connectivity index (χ4n) is 3.92. The van der Waals surface area contributed by atoms with Gasteiger partial charge in [0.25, 0.3) is 5.91 Å². The van der Waals surface area contributed by atoms with E-state index in [0.29, 0.717) is 6.54 Å². The molecule has 0 radical (unpaired) electrons. The Bertz CT molecular complexity index is 618. The zero-order chi connectivity index (χ0) is 17.4. The van der Waals surface area contributed by atoms with Crippen molar-refractivity contribution in [2.75, 3.05) is 33.3 Å². The van der Waals surface area contributed by atoms with Gasteiger partial charge in [-0.25, -0.2) is 4.39 Å². The molecule has 1 amide bonds. The highest BCUT2D eigenvalue weighted by Gasteiger charge is 2.46. The molecule has 0 aliphatic carbocycles. The van der Waals surface area contributed by atoms with Gasteiger partial charge in [0.2, 0.25) is 0 Å². The van der Waals surface area contributed by atoms with E-state index in [-0.39, 0.29) is 18.0 Å². The summed E-state index contributed by atoms with van der Waals surface area (Å²) < 4.78 is 19.5. The van der Waals surface area contributed by atoms with E-state index in [1.807, 2.05) is 0 Å². The Morgan fingerprint density at radius 3 is 2.67 bits per heavy atom. The van der Waals surface area contributed by atoms with Crippen LogP contribution >= 0.6 is 0 Å². The van der Waals surface area contributed by atoms with E-state index in [9.17, 15) is 14.3 Å². The van der Waals surface area contributed by atoms with Crippen LogP contribution in [-0.2, 0) is 15.1 Å². The third-order valence-electron chi connectivity index (χ3n) is 5.63. The molecule has 3 saturated heterocycles. The molecular formula is C18H25FN2O3. The molecule has 5 nitrogen and oxygen atoms in total. The second-order valence-corrected chi connectivity index (χ2v) is 7.05. The van der Waals surface area contributed by atoms with Crippen LogP contribution in [0.4, 0.5) is 4.39 Å². The van der Waals surface area contributed by atoms with Crippen molar-refractivity contribution in [3.63, 3.8) is 0 Å². The largest absolute Gasteiger partial charge is 0.386 e. The van der Waals surface area contributed by atoms with E-state index >= 15 is 0 Å². The van der Waals surface area contributed by atoms with Crippen molar-refractivity contribution < 1.29 is 19.0 Å². The average molecular weight is 336 g/mol. The molecule has 0 aromatic heterocycles. The zero-order valence-corrected chi connectivity index (χ0v) is 14.2. The Morgan fingerprint density at radius 2 is 2.12 bits per heavy atom. The van der Waals surface area contributed by atoms with Crippen molar-refractivity contribution in [3.05, 3.63) is 35.6 Å². The van der Waals surface area contributed by atoms with E-state index in [0.717, 1.165) is 25.9 Å². The number of aliphatic hydroxyl groups is 1. The molecule has 2 atom stereocenters. The molecule has 132 valence electrons. The van der Waals surface area contributed by atoms with Gasteiger partial charge in [0, 0.05) is 25.8 Å². The van der Waals surface area contributed by atoms with Crippen molar-refractivity contribution in [2.24, 2.45) is 5.92 Å². The summed E-state index contributed by atoms with van der Waals surface area (Å²) >= 11 is 0. The maximum Gasteiger partial charge on any atom is 0.256 e. The predicted molar refractivity (Wildman–Crippen MR) is 87.9 cm³/mol. The number of nitrogens with zero attached hydrogens (tertiary/aromatic N) is 1. The highest BCUT2D eigenvalue weighted by Crippen LogP contribution is 2.35. The van der Waals surface area contributed by atoms with Gasteiger partial charge in [0.1, 0.15) is 5.82 Å². The summed E-state index contributed by atoms with van der Waals surface area (Å²) in [5.74, 6) is -0.733. The van der Waals surface area contributed by atoms with Crippen molar-refractivity contribution in [1.82, 2.24) is 10.2 Å². The summed E-state index contributed by atoms with van der Waals surface area (Å²) in [5, 5.41) is 13.7. The lowest BCUT2D eigenvalue weighted by molar-refractivity contribution is -0.148. The van der Waals surface area contributed by atoms with Gasteiger partial charge in [0.15, 0.2) is 5.60 Å². The van der Waals surface area contributed by atoms with Crippen LogP contribution in [0.25, 0.3) is 0 Å². The van der Waals surface area contributed by atoms with E-state index in [1.54, 1.807) is 25.1 Å². The molecule has 24 heavy (non-hydrogen) atoms. The highest BCUT2D eigenvalue weighted by atomic mass is 19.1. The number of benzene rings is 1. The minimum Gasteiger partial charge on any atom is -0.386 e. The Hall–Kier alpha value is -1.50. The maximum atomic E-state index is 14.1. The van der Waals surface area contributed by atoms with E-state index in [1.165, 1.54) is 13.2 Å². The number of hydrogen-bond donors (Lipinski definition) is 2. The number of piperidine rings is 3. The first kappa shape index (κ1) is 17.3. The first-order chi connectivity index (χ1) is 11.4. The monoisotopic (exact) mass is 336 g/mol. The van der Waals surface area contributed by atoms with Gasteiger partial charge in [-0.3, -0.25) is 4.79 Å². The number of fused-ring (bicyclic) bond motifs is 3. The molecule has 0 saturated carbocycles. The summed E-state index contributed by atoms with van der Waals surface area (Å²) in [4.78, 5) is 14.9. The molecule has 2 N–H and O–H groups in total. The molecular weight excluding hydrogens is 311 g/mol. The molecule has 0 spiro atoms. The van der Waals surface area contributed by atoms with Crippen LogP contribution in [0.5, 0.6) is 0 Å². The smallest absolute Gasteiger partial charge is 0.256 e. The summed E-state index contributed by atoms with van der Waals surface area (Å²) in [6.45, 7) is 4.28. The first-order valence-electron chi connectivity index (χ1n) is 8.42. The van der Waals surface area contributed by atoms with Gasteiger partial charge in [-0.15, -0.1) is 0 Å². The lowest BCUT2D eigenvalue weighted by Crippen LogP contribution is -2.64. The molecule has 2 bridgehead atoms. The van der Waals surface area contributed by atoms with Gasteiger partial charge in [-0.2, -0.15) is 0 Å². The quantitative estimate of drug-likeness (QED) is 0.850.